The number of hydrogen-bond donors (Lipinski definition) is 1. The molecule has 0 radical (unpaired) electrons. The first kappa shape index (κ1) is 21.2. The Bertz CT molecular complexity index is 979. The van der Waals surface area contributed by atoms with Crippen LogP contribution in [0.15, 0.2) is 47.4 Å². The third-order valence-corrected chi connectivity index (χ3v) is 7.09. The zero-order valence-electron chi connectivity index (χ0n) is 18.7. The van der Waals surface area contributed by atoms with E-state index < -0.39 is 0 Å². The topological polar surface area (TPSA) is 70.5 Å². The molecule has 2 aromatic rings. The van der Waals surface area contributed by atoms with Crippen molar-refractivity contribution in [2.24, 2.45) is 11.8 Å². The molecule has 170 valence electrons. The number of anilines is 1. The maximum atomic E-state index is 12.9. The summed E-state index contributed by atoms with van der Waals surface area (Å²) in [5.74, 6) is 0.756. The van der Waals surface area contributed by atoms with Crippen LogP contribution in [0, 0.1) is 11.8 Å². The minimum absolute atomic E-state index is 0.0220. The molecule has 1 amide bonds. The van der Waals surface area contributed by atoms with Crippen molar-refractivity contribution in [1.29, 1.82) is 0 Å². The summed E-state index contributed by atoms with van der Waals surface area (Å²) in [6.45, 7) is 5.19. The van der Waals surface area contributed by atoms with E-state index in [0.29, 0.717) is 12.5 Å². The van der Waals surface area contributed by atoms with Crippen molar-refractivity contribution in [3.63, 3.8) is 0 Å². The standard InChI is InChI=1S/C25H33N5O2/c31-24-14-23(15-26-30(24)17-20-6-7-20)29-13-8-21(18-29)25(32)27-22-9-11-28(12-10-22)16-19-4-2-1-3-5-19/h1-5,14-15,20-22H,6-13,16-18H2,(H,27,32). The van der Waals surface area contributed by atoms with Gasteiger partial charge in [0.2, 0.25) is 5.91 Å². The lowest BCUT2D eigenvalue weighted by molar-refractivity contribution is -0.125. The molecule has 7 nitrogen and oxygen atoms in total. The van der Waals surface area contributed by atoms with Gasteiger partial charge in [-0.15, -0.1) is 0 Å². The van der Waals surface area contributed by atoms with Crippen LogP contribution in [0.4, 0.5) is 5.69 Å². The molecular formula is C25H33N5O2. The van der Waals surface area contributed by atoms with Gasteiger partial charge in [0.05, 0.1) is 17.8 Å². The number of likely N-dealkylation sites (tertiary alicyclic amines) is 1. The van der Waals surface area contributed by atoms with Gasteiger partial charge in [0, 0.05) is 51.4 Å². The quantitative estimate of drug-likeness (QED) is 0.723. The number of carbonyl (C=O) groups excluding carboxylic acids is 1. The highest BCUT2D eigenvalue weighted by Crippen LogP contribution is 2.30. The monoisotopic (exact) mass is 435 g/mol. The first-order valence-electron chi connectivity index (χ1n) is 12.0. The molecule has 5 rings (SSSR count). The zero-order valence-corrected chi connectivity index (χ0v) is 18.7. The Morgan fingerprint density at radius 2 is 1.81 bits per heavy atom. The number of rotatable bonds is 7. The summed E-state index contributed by atoms with van der Waals surface area (Å²) in [4.78, 5) is 29.8. The summed E-state index contributed by atoms with van der Waals surface area (Å²) in [5, 5.41) is 7.65. The van der Waals surface area contributed by atoms with Crippen molar-refractivity contribution in [2.45, 2.75) is 51.2 Å². The van der Waals surface area contributed by atoms with Gasteiger partial charge in [0.15, 0.2) is 0 Å². The summed E-state index contributed by atoms with van der Waals surface area (Å²) < 4.78 is 1.57. The van der Waals surface area contributed by atoms with E-state index in [2.05, 4.69) is 50.5 Å². The fraction of sp³-hybridized carbons (Fsp3) is 0.560. The predicted octanol–water partition coefficient (Wildman–Crippen LogP) is 2.26. The van der Waals surface area contributed by atoms with Gasteiger partial charge in [-0.05, 0) is 43.6 Å². The molecule has 1 saturated carbocycles. The molecule has 7 heteroatoms. The Morgan fingerprint density at radius 3 is 2.53 bits per heavy atom. The Hall–Kier alpha value is -2.67. The van der Waals surface area contributed by atoms with Crippen LogP contribution in [-0.4, -0.2) is 52.8 Å². The Kier molecular flexibility index (Phi) is 6.26. The number of nitrogens with one attached hydrogen (secondary N) is 1. The second-order valence-electron chi connectivity index (χ2n) is 9.65. The lowest BCUT2D eigenvalue weighted by atomic mass is 10.0. The third-order valence-electron chi connectivity index (χ3n) is 7.09. The fourth-order valence-corrected chi connectivity index (χ4v) is 4.88. The maximum absolute atomic E-state index is 12.9. The second kappa shape index (κ2) is 9.45. The van der Waals surface area contributed by atoms with Crippen molar-refractivity contribution in [3.8, 4) is 0 Å². The number of hydrogen-bond acceptors (Lipinski definition) is 5. The first-order chi connectivity index (χ1) is 15.6. The normalized spacial score (nSPS) is 22.2. The molecule has 1 unspecified atom stereocenters. The van der Waals surface area contributed by atoms with Crippen LogP contribution in [-0.2, 0) is 17.9 Å². The smallest absolute Gasteiger partial charge is 0.268 e. The van der Waals surface area contributed by atoms with Gasteiger partial charge in [-0.2, -0.15) is 5.10 Å². The fourth-order valence-electron chi connectivity index (χ4n) is 4.88. The van der Waals surface area contributed by atoms with Crippen LogP contribution in [0.3, 0.4) is 0 Å². The van der Waals surface area contributed by atoms with Crippen molar-refractivity contribution in [3.05, 3.63) is 58.5 Å². The van der Waals surface area contributed by atoms with Gasteiger partial charge in [-0.1, -0.05) is 30.3 Å². The molecule has 3 fully saturated rings. The lowest BCUT2D eigenvalue weighted by Crippen LogP contribution is -2.46. The molecule has 2 saturated heterocycles. The summed E-state index contributed by atoms with van der Waals surface area (Å²) in [5.41, 5.74) is 2.15. The van der Waals surface area contributed by atoms with Crippen LogP contribution >= 0.6 is 0 Å². The van der Waals surface area contributed by atoms with E-state index in [1.165, 1.54) is 18.4 Å². The molecular weight excluding hydrogens is 402 g/mol. The number of carbonyl (C=O) groups is 1. The van der Waals surface area contributed by atoms with E-state index in [0.717, 1.165) is 57.7 Å². The second-order valence-corrected chi connectivity index (χ2v) is 9.65. The molecule has 0 spiro atoms. The van der Waals surface area contributed by atoms with E-state index in [4.69, 9.17) is 0 Å². The van der Waals surface area contributed by atoms with E-state index >= 15 is 0 Å². The average Bonchev–Trinajstić information content (AvgIpc) is 3.48. The number of benzene rings is 1. The van der Waals surface area contributed by atoms with E-state index in [9.17, 15) is 9.59 Å². The molecule has 1 aromatic heterocycles. The van der Waals surface area contributed by atoms with Gasteiger partial charge in [0.1, 0.15) is 0 Å². The van der Waals surface area contributed by atoms with Gasteiger partial charge in [0.25, 0.3) is 5.56 Å². The molecule has 1 aromatic carbocycles. The van der Waals surface area contributed by atoms with Gasteiger partial charge >= 0.3 is 0 Å². The van der Waals surface area contributed by atoms with Crippen molar-refractivity contribution >= 4 is 11.6 Å². The SMILES string of the molecule is O=C(NC1CCN(Cc2ccccc2)CC1)C1CCN(c2cnn(CC3CC3)c(=O)c2)C1. The first-order valence-corrected chi connectivity index (χ1v) is 12.0. The number of nitrogens with zero attached hydrogens (tertiary/aromatic N) is 4. The number of amides is 1. The number of piperidine rings is 1. The summed E-state index contributed by atoms with van der Waals surface area (Å²) >= 11 is 0. The molecule has 1 N–H and O–H groups in total. The Labute approximate surface area is 189 Å². The Morgan fingerprint density at radius 1 is 1.03 bits per heavy atom. The highest BCUT2D eigenvalue weighted by molar-refractivity contribution is 5.80. The van der Waals surface area contributed by atoms with Gasteiger partial charge in [-0.25, -0.2) is 4.68 Å². The van der Waals surface area contributed by atoms with E-state index in [-0.39, 0.29) is 23.4 Å². The molecule has 2 aliphatic heterocycles. The Balaban J connectivity index is 1.08. The zero-order chi connectivity index (χ0) is 21.9. The molecule has 32 heavy (non-hydrogen) atoms. The minimum Gasteiger partial charge on any atom is -0.369 e. The third kappa shape index (κ3) is 5.21. The van der Waals surface area contributed by atoms with Crippen LogP contribution < -0.4 is 15.8 Å². The van der Waals surface area contributed by atoms with Crippen LogP contribution in [0.1, 0.15) is 37.7 Å². The molecule has 1 aliphatic carbocycles. The summed E-state index contributed by atoms with van der Waals surface area (Å²) in [6, 6.07) is 12.5. The lowest BCUT2D eigenvalue weighted by Gasteiger charge is -2.32. The summed E-state index contributed by atoms with van der Waals surface area (Å²) in [7, 11) is 0. The van der Waals surface area contributed by atoms with Gasteiger partial charge in [-0.3, -0.25) is 14.5 Å². The maximum Gasteiger partial charge on any atom is 0.268 e. The van der Waals surface area contributed by atoms with Crippen LogP contribution in [0.25, 0.3) is 0 Å². The highest BCUT2D eigenvalue weighted by atomic mass is 16.2. The molecule has 3 heterocycles. The summed E-state index contributed by atoms with van der Waals surface area (Å²) in [6.07, 6.45) is 7.00. The van der Waals surface area contributed by atoms with E-state index in [1.807, 2.05) is 0 Å². The van der Waals surface area contributed by atoms with Crippen molar-refractivity contribution in [1.82, 2.24) is 20.0 Å². The van der Waals surface area contributed by atoms with Crippen LogP contribution in [0.2, 0.25) is 0 Å². The average molecular weight is 436 g/mol. The van der Waals surface area contributed by atoms with Crippen LogP contribution in [0.5, 0.6) is 0 Å². The largest absolute Gasteiger partial charge is 0.369 e. The van der Waals surface area contributed by atoms with E-state index in [1.54, 1.807) is 16.9 Å². The van der Waals surface area contributed by atoms with Crippen molar-refractivity contribution < 1.29 is 4.79 Å². The number of aromatic nitrogens is 2. The predicted molar refractivity (Wildman–Crippen MR) is 124 cm³/mol. The molecule has 0 bridgehead atoms. The van der Waals surface area contributed by atoms with Crippen molar-refractivity contribution in [2.75, 3.05) is 31.1 Å². The van der Waals surface area contributed by atoms with Gasteiger partial charge < -0.3 is 10.2 Å². The molecule has 3 aliphatic rings. The molecule has 1 atom stereocenters. The highest BCUT2D eigenvalue weighted by Gasteiger charge is 2.31. The minimum atomic E-state index is -0.0374.